The third-order valence-corrected chi connectivity index (χ3v) is 1.95. The molecule has 0 spiro atoms. The van der Waals surface area contributed by atoms with E-state index >= 15 is 0 Å². The number of rotatable bonds is 6. The Morgan fingerprint density at radius 3 is 3.07 bits per heavy atom. The highest BCUT2D eigenvalue weighted by atomic mass is 35.5. The quantitative estimate of drug-likeness (QED) is 0.692. The number of halogens is 1. The van der Waals surface area contributed by atoms with Gasteiger partial charge in [0.05, 0.1) is 17.7 Å². The lowest BCUT2D eigenvalue weighted by molar-refractivity contribution is 0.197. The van der Waals surface area contributed by atoms with Crippen LogP contribution in [0.1, 0.15) is 5.69 Å². The molecule has 0 amide bonds. The first kappa shape index (κ1) is 11.4. The molecule has 0 saturated heterocycles. The van der Waals surface area contributed by atoms with Crippen LogP contribution in [-0.2, 0) is 18.3 Å². The van der Waals surface area contributed by atoms with Gasteiger partial charge in [-0.2, -0.15) is 0 Å². The molecular weight excluding hydrogens is 204 g/mol. The van der Waals surface area contributed by atoms with E-state index < -0.39 is 0 Å². The Kier molecular flexibility index (Phi) is 4.86. The van der Waals surface area contributed by atoms with Crippen LogP contribution in [0.3, 0.4) is 0 Å². The topological polar surface area (TPSA) is 52.0 Å². The van der Waals surface area contributed by atoms with E-state index in [2.05, 4.69) is 15.6 Å². The average molecular weight is 219 g/mol. The van der Waals surface area contributed by atoms with Gasteiger partial charge in [0.25, 0.3) is 0 Å². The zero-order valence-corrected chi connectivity index (χ0v) is 9.16. The normalized spacial score (nSPS) is 13.1. The van der Waals surface area contributed by atoms with Gasteiger partial charge in [0.15, 0.2) is 0 Å². The van der Waals surface area contributed by atoms with Crippen LogP contribution in [0.2, 0.25) is 0 Å². The Morgan fingerprint density at radius 2 is 2.50 bits per heavy atom. The van der Waals surface area contributed by atoms with E-state index in [0.29, 0.717) is 19.7 Å². The number of hydrogen-bond donors (Lipinski definition) is 1. The van der Waals surface area contributed by atoms with Crippen molar-refractivity contribution in [3.8, 4) is 0 Å². The standard InChI is InChI=1S/C8H15ClN4O/c1-13-5-8(11-12-13)4-10-3-7(9)6-14-2/h5,7,10H,3-4,6H2,1-2H3. The monoisotopic (exact) mass is 218 g/mol. The minimum absolute atomic E-state index is 0.00308. The van der Waals surface area contributed by atoms with Gasteiger partial charge in [-0.25, -0.2) is 0 Å². The second-order valence-corrected chi connectivity index (χ2v) is 3.68. The lowest BCUT2D eigenvalue weighted by Crippen LogP contribution is -2.26. The number of methoxy groups -OCH3 is 1. The van der Waals surface area contributed by atoms with Gasteiger partial charge in [-0.05, 0) is 0 Å². The lowest BCUT2D eigenvalue weighted by Gasteiger charge is -2.07. The van der Waals surface area contributed by atoms with E-state index in [4.69, 9.17) is 16.3 Å². The van der Waals surface area contributed by atoms with Crippen molar-refractivity contribution in [2.24, 2.45) is 7.05 Å². The van der Waals surface area contributed by atoms with Gasteiger partial charge in [-0.15, -0.1) is 16.7 Å². The van der Waals surface area contributed by atoms with Crippen molar-refractivity contribution in [1.29, 1.82) is 0 Å². The van der Waals surface area contributed by atoms with Gasteiger partial charge in [0.2, 0.25) is 0 Å². The molecule has 0 aliphatic rings. The molecule has 0 aromatic carbocycles. The molecule has 0 aliphatic heterocycles. The van der Waals surface area contributed by atoms with Gasteiger partial charge in [-0.1, -0.05) is 5.21 Å². The average Bonchev–Trinajstić information content (AvgIpc) is 2.52. The van der Waals surface area contributed by atoms with Crippen LogP contribution in [0.15, 0.2) is 6.20 Å². The minimum Gasteiger partial charge on any atom is -0.383 e. The predicted octanol–water partition coefficient (Wildman–Crippen LogP) is 0.158. The molecule has 0 radical (unpaired) electrons. The first-order valence-electron chi connectivity index (χ1n) is 4.41. The van der Waals surface area contributed by atoms with Crippen LogP contribution in [-0.4, -0.2) is 40.6 Å². The molecule has 1 N–H and O–H groups in total. The molecule has 1 unspecified atom stereocenters. The Labute approximate surface area is 88.4 Å². The second kappa shape index (κ2) is 5.95. The molecule has 80 valence electrons. The smallest absolute Gasteiger partial charge is 0.0964 e. The number of aryl methyl sites for hydroxylation is 1. The Balaban J connectivity index is 2.15. The summed E-state index contributed by atoms with van der Waals surface area (Å²) < 4.78 is 6.58. The van der Waals surface area contributed by atoms with E-state index in [9.17, 15) is 0 Å². The summed E-state index contributed by atoms with van der Waals surface area (Å²) in [6.07, 6.45) is 1.87. The molecule has 1 aromatic heterocycles. The van der Waals surface area contributed by atoms with Crippen molar-refractivity contribution < 1.29 is 4.74 Å². The third-order valence-electron chi connectivity index (χ3n) is 1.67. The number of aromatic nitrogens is 3. The van der Waals surface area contributed by atoms with Gasteiger partial charge in [0.1, 0.15) is 0 Å². The summed E-state index contributed by atoms with van der Waals surface area (Å²) in [5.74, 6) is 0. The fourth-order valence-corrected chi connectivity index (χ4v) is 1.31. The van der Waals surface area contributed by atoms with Gasteiger partial charge in [-0.3, -0.25) is 4.68 Å². The summed E-state index contributed by atoms with van der Waals surface area (Å²) in [7, 11) is 3.48. The Bertz CT molecular complexity index is 266. The number of nitrogens with zero attached hydrogens (tertiary/aromatic N) is 3. The van der Waals surface area contributed by atoms with Crippen LogP contribution in [0.25, 0.3) is 0 Å². The van der Waals surface area contributed by atoms with Crippen LogP contribution < -0.4 is 5.32 Å². The van der Waals surface area contributed by atoms with Crippen molar-refractivity contribution in [2.75, 3.05) is 20.3 Å². The maximum atomic E-state index is 5.92. The molecule has 6 heteroatoms. The van der Waals surface area contributed by atoms with E-state index in [1.807, 2.05) is 13.2 Å². The first-order valence-corrected chi connectivity index (χ1v) is 4.85. The molecule has 0 saturated carbocycles. The molecule has 1 heterocycles. The Morgan fingerprint density at radius 1 is 1.71 bits per heavy atom. The zero-order chi connectivity index (χ0) is 10.4. The SMILES string of the molecule is COCC(Cl)CNCc1cn(C)nn1. The summed E-state index contributed by atoms with van der Waals surface area (Å²) in [6, 6.07) is 0. The molecule has 1 rings (SSSR count). The molecule has 1 aromatic rings. The maximum absolute atomic E-state index is 5.92. The third kappa shape index (κ3) is 4.04. The van der Waals surface area contributed by atoms with E-state index in [1.54, 1.807) is 11.8 Å². The van der Waals surface area contributed by atoms with Crippen molar-refractivity contribution in [3.63, 3.8) is 0 Å². The van der Waals surface area contributed by atoms with Crippen molar-refractivity contribution in [1.82, 2.24) is 20.3 Å². The summed E-state index contributed by atoms with van der Waals surface area (Å²) in [5.41, 5.74) is 0.911. The minimum atomic E-state index is -0.00308. The molecule has 0 fully saturated rings. The van der Waals surface area contributed by atoms with Crippen LogP contribution in [0.5, 0.6) is 0 Å². The summed E-state index contributed by atoms with van der Waals surface area (Å²) in [6.45, 7) is 1.93. The summed E-state index contributed by atoms with van der Waals surface area (Å²) in [4.78, 5) is 0. The molecular formula is C8H15ClN4O. The molecule has 0 bridgehead atoms. The summed E-state index contributed by atoms with van der Waals surface area (Å²) in [5, 5.41) is 10.9. The molecule has 0 aliphatic carbocycles. The number of hydrogen-bond acceptors (Lipinski definition) is 4. The van der Waals surface area contributed by atoms with Crippen molar-refractivity contribution >= 4 is 11.6 Å². The van der Waals surface area contributed by atoms with Crippen LogP contribution >= 0.6 is 11.6 Å². The Hall–Kier alpha value is -0.650. The number of ether oxygens (including phenoxy) is 1. The highest BCUT2D eigenvalue weighted by molar-refractivity contribution is 6.20. The zero-order valence-electron chi connectivity index (χ0n) is 8.40. The largest absolute Gasteiger partial charge is 0.383 e. The highest BCUT2D eigenvalue weighted by Crippen LogP contribution is 1.95. The van der Waals surface area contributed by atoms with E-state index in [1.165, 1.54) is 0 Å². The predicted molar refractivity (Wildman–Crippen MR) is 54.2 cm³/mol. The van der Waals surface area contributed by atoms with E-state index in [-0.39, 0.29) is 5.38 Å². The number of nitrogens with one attached hydrogen (secondary N) is 1. The van der Waals surface area contributed by atoms with Crippen LogP contribution in [0, 0.1) is 0 Å². The van der Waals surface area contributed by atoms with Gasteiger partial charge >= 0.3 is 0 Å². The molecule has 1 atom stereocenters. The fraction of sp³-hybridized carbons (Fsp3) is 0.750. The van der Waals surface area contributed by atoms with Gasteiger partial charge in [0, 0.05) is 33.4 Å². The summed E-state index contributed by atoms with van der Waals surface area (Å²) >= 11 is 5.92. The van der Waals surface area contributed by atoms with Crippen LogP contribution in [0.4, 0.5) is 0 Å². The molecule has 5 nitrogen and oxygen atoms in total. The second-order valence-electron chi connectivity index (χ2n) is 3.07. The lowest BCUT2D eigenvalue weighted by atomic mass is 10.4. The van der Waals surface area contributed by atoms with Crippen molar-refractivity contribution in [3.05, 3.63) is 11.9 Å². The maximum Gasteiger partial charge on any atom is 0.0964 e. The van der Waals surface area contributed by atoms with Crippen molar-refractivity contribution in [2.45, 2.75) is 11.9 Å². The van der Waals surface area contributed by atoms with Gasteiger partial charge < -0.3 is 10.1 Å². The molecule has 14 heavy (non-hydrogen) atoms. The first-order chi connectivity index (χ1) is 6.72. The number of alkyl halides is 1. The van der Waals surface area contributed by atoms with E-state index in [0.717, 1.165) is 5.69 Å². The highest BCUT2D eigenvalue weighted by Gasteiger charge is 2.03. The fourth-order valence-electron chi connectivity index (χ4n) is 1.07.